The summed E-state index contributed by atoms with van der Waals surface area (Å²) in [7, 11) is 0. The number of rotatable bonds is 4. The van der Waals surface area contributed by atoms with Crippen LogP contribution in [0.15, 0.2) is 0 Å². The minimum Gasteiger partial charge on any atom is -0.390 e. The van der Waals surface area contributed by atoms with Gasteiger partial charge in [-0.15, -0.1) is 0 Å². The first-order valence-corrected chi connectivity index (χ1v) is 4.44. The molecule has 1 fully saturated rings. The van der Waals surface area contributed by atoms with Crippen molar-refractivity contribution < 1.29 is 18.6 Å². The molecular weight excluding hydrogens is 180 g/mol. The summed E-state index contributed by atoms with van der Waals surface area (Å²) in [5.41, 5.74) is 0. The third-order valence-corrected chi connectivity index (χ3v) is 2.10. The Labute approximate surface area is 76.1 Å². The third kappa shape index (κ3) is 3.97. The summed E-state index contributed by atoms with van der Waals surface area (Å²) < 4.78 is 30.2. The van der Waals surface area contributed by atoms with E-state index in [1.54, 1.807) is 0 Å². The van der Waals surface area contributed by atoms with Gasteiger partial charge in [0.05, 0.1) is 6.54 Å². The van der Waals surface area contributed by atoms with Gasteiger partial charge in [0, 0.05) is 19.3 Å². The summed E-state index contributed by atoms with van der Waals surface area (Å²) in [5.74, 6) is -3.00. The van der Waals surface area contributed by atoms with Gasteiger partial charge in [0.15, 0.2) is 0 Å². The van der Waals surface area contributed by atoms with E-state index in [-0.39, 0.29) is 6.04 Å². The van der Waals surface area contributed by atoms with Crippen molar-refractivity contribution in [1.82, 2.24) is 5.32 Å². The monoisotopic (exact) mass is 195 g/mol. The van der Waals surface area contributed by atoms with Gasteiger partial charge in [-0.05, 0) is 12.8 Å². The van der Waals surface area contributed by atoms with Crippen LogP contribution >= 0.6 is 0 Å². The zero-order valence-corrected chi connectivity index (χ0v) is 7.43. The molecule has 78 valence electrons. The number of hydrogen-bond acceptors (Lipinski definition) is 3. The number of nitrogens with one attached hydrogen (secondary N) is 1. The van der Waals surface area contributed by atoms with Crippen LogP contribution in [0.4, 0.5) is 8.78 Å². The quantitative estimate of drug-likeness (QED) is 0.681. The van der Waals surface area contributed by atoms with Crippen molar-refractivity contribution in [3.63, 3.8) is 0 Å². The molecule has 0 aliphatic carbocycles. The first kappa shape index (κ1) is 10.8. The Bertz CT molecular complexity index is 149. The molecule has 1 rings (SSSR count). The highest BCUT2D eigenvalue weighted by atomic mass is 19.3. The fourth-order valence-electron chi connectivity index (χ4n) is 1.25. The van der Waals surface area contributed by atoms with E-state index >= 15 is 0 Å². The predicted octanol–water partition coefficient (Wildman–Crippen LogP) is 0.383. The molecule has 0 saturated carbocycles. The van der Waals surface area contributed by atoms with Crippen LogP contribution in [0.1, 0.15) is 12.8 Å². The Hall–Kier alpha value is -0.260. The first-order chi connectivity index (χ1) is 6.14. The summed E-state index contributed by atoms with van der Waals surface area (Å²) in [6.07, 6.45) is 1.53. The van der Waals surface area contributed by atoms with E-state index in [0.717, 1.165) is 12.8 Å². The molecule has 0 bridgehead atoms. The van der Waals surface area contributed by atoms with Crippen LogP contribution < -0.4 is 5.32 Å². The van der Waals surface area contributed by atoms with Crippen LogP contribution in [0.25, 0.3) is 0 Å². The lowest BCUT2D eigenvalue weighted by atomic mass is 10.1. The Morgan fingerprint density at radius 2 is 2.00 bits per heavy atom. The second kappa shape index (κ2) is 4.83. The van der Waals surface area contributed by atoms with E-state index in [1.807, 2.05) is 0 Å². The van der Waals surface area contributed by atoms with Crippen molar-refractivity contribution in [2.75, 3.05) is 26.4 Å². The number of alkyl halides is 2. The Morgan fingerprint density at radius 1 is 1.38 bits per heavy atom. The fraction of sp³-hybridized carbons (Fsp3) is 1.00. The van der Waals surface area contributed by atoms with Gasteiger partial charge in [-0.25, -0.2) is 8.78 Å². The molecular formula is C8H15F2NO2. The van der Waals surface area contributed by atoms with E-state index in [9.17, 15) is 8.78 Å². The van der Waals surface area contributed by atoms with E-state index < -0.39 is 19.1 Å². The minimum absolute atomic E-state index is 0.103. The molecule has 13 heavy (non-hydrogen) atoms. The van der Waals surface area contributed by atoms with E-state index in [4.69, 9.17) is 9.84 Å². The number of aliphatic hydroxyl groups excluding tert-OH is 1. The lowest BCUT2D eigenvalue weighted by Crippen LogP contribution is -2.43. The Morgan fingerprint density at radius 3 is 2.54 bits per heavy atom. The number of ether oxygens (including phenoxy) is 1. The average molecular weight is 195 g/mol. The highest BCUT2D eigenvalue weighted by Gasteiger charge is 2.28. The minimum atomic E-state index is -3.00. The van der Waals surface area contributed by atoms with Crippen LogP contribution in [-0.4, -0.2) is 43.4 Å². The summed E-state index contributed by atoms with van der Waals surface area (Å²) >= 11 is 0. The molecule has 1 saturated heterocycles. The maximum Gasteiger partial charge on any atom is 0.282 e. The molecule has 1 heterocycles. The molecule has 5 heteroatoms. The second-order valence-corrected chi connectivity index (χ2v) is 3.28. The molecule has 0 atom stereocenters. The van der Waals surface area contributed by atoms with Gasteiger partial charge in [0.2, 0.25) is 0 Å². The molecule has 3 nitrogen and oxygen atoms in total. The highest BCUT2D eigenvalue weighted by molar-refractivity contribution is 4.75. The average Bonchev–Trinajstić information content (AvgIpc) is 2.17. The molecule has 0 aromatic carbocycles. The van der Waals surface area contributed by atoms with Crippen molar-refractivity contribution in [1.29, 1.82) is 0 Å². The van der Waals surface area contributed by atoms with E-state index in [2.05, 4.69) is 5.32 Å². The van der Waals surface area contributed by atoms with Gasteiger partial charge in [-0.2, -0.15) is 0 Å². The molecule has 1 aliphatic heterocycles. The summed E-state index contributed by atoms with van der Waals surface area (Å²) in [4.78, 5) is 0. The Balaban J connectivity index is 2.17. The van der Waals surface area contributed by atoms with Gasteiger partial charge in [-0.1, -0.05) is 0 Å². The van der Waals surface area contributed by atoms with Crippen molar-refractivity contribution in [2.24, 2.45) is 0 Å². The molecule has 1 aliphatic rings. The van der Waals surface area contributed by atoms with Crippen LogP contribution in [0, 0.1) is 0 Å². The van der Waals surface area contributed by atoms with E-state index in [1.165, 1.54) is 0 Å². The summed E-state index contributed by atoms with van der Waals surface area (Å²) in [6.45, 7) is -0.290. The lowest BCUT2D eigenvalue weighted by Gasteiger charge is -2.25. The van der Waals surface area contributed by atoms with Crippen molar-refractivity contribution >= 4 is 0 Å². The molecule has 0 radical (unpaired) electrons. The third-order valence-electron chi connectivity index (χ3n) is 2.10. The van der Waals surface area contributed by atoms with Gasteiger partial charge in [0.25, 0.3) is 5.92 Å². The van der Waals surface area contributed by atoms with Crippen molar-refractivity contribution in [2.45, 2.75) is 24.8 Å². The SMILES string of the molecule is OCC(F)(F)CNC1CCOCC1. The standard InChI is InChI=1S/C8H15F2NO2/c9-8(10,6-12)5-11-7-1-3-13-4-2-7/h7,11-12H,1-6H2. The Kier molecular flexibility index (Phi) is 4.02. The second-order valence-electron chi connectivity index (χ2n) is 3.28. The van der Waals surface area contributed by atoms with Crippen LogP contribution in [0.3, 0.4) is 0 Å². The molecule has 0 amide bonds. The van der Waals surface area contributed by atoms with Gasteiger partial charge in [0.1, 0.15) is 6.61 Å². The zero-order chi connectivity index (χ0) is 9.73. The van der Waals surface area contributed by atoms with Gasteiger partial charge in [-0.3, -0.25) is 0 Å². The normalized spacial score (nSPS) is 20.5. The van der Waals surface area contributed by atoms with Crippen LogP contribution in [-0.2, 0) is 4.74 Å². The topological polar surface area (TPSA) is 41.5 Å². The molecule has 0 aromatic heterocycles. The summed E-state index contributed by atoms with van der Waals surface area (Å²) in [6, 6.07) is 0.103. The van der Waals surface area contributed by atoms with Crippen molar-refractivity contribution in [3.8, 4) is 0 Å². The van der Waals surface area contributed by atoms with E-state index in [0.29, 0.717) is 13.2 Å². The largest absolute Gasteiger partial charge is 0.390 e. The highest BCUT2D eigenvalue weighted by Crippen LogP contribution is 2.12. The zero-order valence-electron chi connectivity index (χ0n) is 7.43. The molecule has 2 N–H and O–H groups in total. The predicted molar refractivity (Wildman–Crippen MR) is 43.9 cm³/mol. The number of hydrogen-bond donors (Lipinski definition) is 2. The first-order valence-electron chi connectivity index (χ1n) is 4.44. The fourth-order valence-corrected chi connectivity index (χ4v) is 1.25. The molecule has 0 spiro atoms. The smallest absolute Gasteiger partial charge is 0.282 e. The number of aliphatic hydroxyl groups is 1. The maximum absolute atomic E-state index is 12.6. The number of halogens is 2. The molecule has 0 unspecified atom stereocenters. The van der Waals surface area contributed by atoms with Gasteiger partial charge >= 0.3 is 0 Å². The summed E-state index contributed by atoms with van der Waals surface area (Å²) in [5, 5.41) is 11.0. The van der Waals surface area contributed by atoms with Gasteiger partial charge < -0.3 is 15.2 Å². The van der Waals surface area contributed by atoms with Crippen LogP contribution in [0.5, 0.6) is 0 Å². The lowest BCUT2D eigenvalue weighted by molar-refractivity contribution is -0.0519. The van der Waals surface area contributed by atoms with Crippen molar-refractivity contribution in [3.05, 3.63) is 0 Å². The maximum atomic E-state index is 12.6. The molecule has 0 aromatic rings. The van der Waals surface area contributed by atoms with Crippen LogP contribution in [0.2, 0.25) is 0 Å².